The van der Waals surface area contributed by atoms with Crippen molar-refractivity contribution in [3.05, 3.63) is 6.92 Å². The molecule has 0 nitrogen and oxygen atoms in total. The molecule has 0 spiro atoms. The number of hydrogen-bond donors (Lipinski definition) is 0. The summed E-state index contributed by atoms with van der Waals surface area (Å²) >= 11 is 0. The van der Waals surface area contributed by atoms with Crippen molar-refractivity contribution in [2.45, 2.75) is 61.3 Å². The van der Waals surface area contributed by atoms with Gasteiger partial charge >= 0.3 is 0 Å². The number of rotatable bonds is 4. The van der Waals surface area contributed by atoms with Crippen molar-refractivity contribution in [2.75, 3.05) is 0 Å². The Balaban J connectivity index is 4.12. The molecule has 2 unspecified atom stereocenters. The molecule has 0 rings (SSSR count). The second kappa shape index (κ2) is 4.68. The molecule has 0 bridgehead atoms. The minimum absolute atomic E-state index is 0.380. The van der Waals surface area contributed by atoms with Crippen LogP contribution in [0.25, 0.3) is 0 Å². The Kier molecular flexibility index (Phi) is 4.68. The molecule has 85 valence electrons. The van der Waals surface area contributed by atoms with Crippen molar-refractivity contribution in [3.63, 3.8) is 0 Å². The predicted octanol–water partition coefficient (Wildman–Crippen LogP) is 4.95. The lowest BCUT2D eigenvalue weighted by Crippen LogP contribution is -2.24. The zero-order chi connectivity index (χ0) is 11.6. The second-order valence-electron chi connectivity index (χ2n) is 6.96. The SMILES string of the molecule is [CH2]C(C)C(C)(C)CC(C)CC(C)(C)C. The lowest BCUT2D eigenvalue weighted by molar-refractivity contribution is 0.179. The highest BCUT2D eigenvalue weighted by Gasteiger charge is 2.26. The van der Waals surface area contributed by atoms with Crippen LogP contribution in [0.15, 0.2) is 0 Å². The van der Waals surface area contributed by atoms with E-state index < -0.39 is 0 Å². The number of hydrogen-bond acceptors (Lipinski definition) is 0. The van der Waals surface area contributed by atoms with Crippen molar-refractivity contribution < 1.29 is 0 Å². The van der Waals surface area contributed by atoms with Gasteiger partial charge in [-0.25, -0.2) is 0 Å². The highest BCUT2D eigenvalue weighted by atomic mass is 14.3. The van der Waals surface area contributed by atoms with Gasteiger partial charge in [-0.05, 0) is 42.4 Å². The van der Waals surface area contributed by atoms with E-state index >= 15 is 0 Å². The van der Waals surface area contributed by atoms with Gasteiger partial charge in [-0.1, -0.05) is 48.5 Å². The van der Waals surface area contributed by atoms with Gasteiger partial charge in [0, 0.05) is 0 Å². The fourth-order valence-corrected chi connectivity index (χ4v) is 2.22. The molecule has 0 aliphatic heterocycles. The van der Waals surface area contributed by atoms with Crippen LogP contribution in [-0.2, 0) is 0 Å². The van der Waals surface area contributed by atoms with Gasteiger partial charge in [0.05, 0.1) is 0 Å². The molecular weight excluding hydrogens is 168 g/mol. The Bertz CT molecular complexity index is 157. The van der Waals surface area contributed by atoms with Gasteiger partial charge in [-0.2, -0.15) is 0 Å². The molecular formula is C14H29. The second-order valence-corrected chi connectivity index (χ2v) is 6.96. The van der Waals surface area contributed by atoms with E-state index in [1.807, 2.05) is 0 Å². The monoisotopic (exact) mass is 197 g/mol. The Hall–Kier alpha value is 0. The minimum Gasteiger partial charge on any atom is -0.0625 e. The Morgan fingerprint density at radius 1 is 0.929 bits per heavy atom. The molecule has 0 aromatic rings. The van der Waals surface area contributed by atoms with Crippen molar-refractivity contribution in [1.29, 1.82) is 0 Å². The van der Waals surface area contributed by atoms with Crippen LogP contribution in [0.2, 0.25) is 0 Å². The maximum absolute atomic E-state index is 4.16. The fourth-order valence-electron chi connectivity index (χ4n) is 2.22. The molecule has 0 saturated carbocycles. The van der Waals surface area contributed by atoms with E-state index in [1.54, 1.807) is 0 Å². The van der Waals surface area contributed by atoms with Gasteiger partial charge in [0.1, 0.15) is 0 Å². The maximum Gasteiger partial charge on any atom is -0.0326 e. The topological polar surface area (TPSA) is 0 Å². The summed E-state index contributed by atoms with van der Waals surface area (Å²) in [6, 6.07) is 0. The summed E-state index contributed by atoms with van der Waals surface area (Å²) in [6.07, 6.45) is 2.60. The third-order valence-electron chi connectivity index (χ3n) is 3.17. The van der Waals surface area contributed by atoms with Gasteiger partial charge in [0.2, 0.25) is 0 Å². The minimum atomic E-state index is 0.380. The molecule has 0 N–H and O–H groups in total. The van der Waals surface area contributed by atoms with Crippen LogP contribution in [0.5, 0.6) is 0 Å². The van der Waals surface area contributed by atoms with E-state index in [4.69, 9.17) is 0 Å². The van der Waals surface area contributed by atoms with Crippen LogP contribution in [0, 0.1) is 29.6 Å². The van der Waals surface area contributed by atoms with E-state index in [1.165, 1.54) is 12.8 Å². The van der Waals surface area contributed by atoms with Crippen LogP contribution in [0.4, 0.5) is 0 Å². The summed E-state index contributed by atoms with van der Waals surface area (Å²) < 4.78 is 0. The molecule has 0 amide bonds. The molecule has 0 heteroatoms. The summed E-state index contributed by atoms with van der Waals surface area (Å²) in [7, 11) is 0. The molecule has 0 aromatic carbocycles. The highest BCUT2D eigenvalue weighted by molar-refractivity contribution is 4.80. The van der Waals surface area contributed by atoms with Gasteiger partial charge in [-0.3, -0.25) is 0 Å². The van der Waals surface area contributed by atoms with E-state index in [-0.39, 0.29) is 0 Å². The van der Waals surface area contributed by atoms with Crippen LogP contribution in [0.3, 0.4) is 0 Å². The van der Waals surface area contributed by atoms with Crippen LogP contribution in [0.1, 0.15) is 61.3 Å². The quantitative estimate of drug-likeness (QED) is 0.598. The lowest BCUT2D eigenvalue weighted by atomic mass is 9.72. The lowest BCUT2D eigenvalue weighted by Gasteiger charge is -2.34. The first kappa shape index (κ1) is 14.0. The van der Waals surface area contributed by atoms with Crippen LogP contribution >= 0.6 is 0 Å². The van der Waals surface area contributed by atoms with Crippen molar-refractivity contribution in [3.8, 4) is 0 Å². The van der Waals surface area contributed by atoms with E-state index in [9.17, 15) is 0 Å². The standard InChI is InChI=1S/C14H29/c1-11(2)14(7,8)10-12(3)9-13(4,5)6/h11-12H,1,9-10H2,2-8H3. The maximum atomic E-state index is 4.16. The van der Waals surface area contributed by atoms with Crippen LogP contribution < -0.4 is 0 Å². The molecule has 0 aromatic heterocycles. The van der Waals surface area contributed by atoms with Gasteiger partial charge in [-0.15, -0.1) is 0 Å². The Morgan fingerprint density at radius 2 is 1.36 bits per heavy atom. The van der Waals surface area contributed by atoms with Gasteiger partial charge in [0.15, 0.2) is 0 Å². The third-order valence-corrected chi connectivity index (χ3v) is 3.17. The summed E-state index contributed by atoms with van der Waals surface area (Å²) in [5.74, 6) is 1.33. The van der Waals surface area contributed by atoms with Gasteiger partial charge < -0.3 is 0 Å². The average molecular weight is 197 g/mol. The Labute approximate surface area is 91.5 Å². The smallest absolute Gasteiger partial charge is 0.0326 e. The third kappa shape index (κ3) is 5.67. The zero-order valence-electron chi connectivity index (χ0n) is 11.3. The molecule has 0 heterocycles. The zero-order valence-corrected chi connectivity index (χ0v) is 11.3. The average Bonchev–Trinajstić information content (AvgIpc) is 1.79. The van der Waals surface area contributed by atoms with Crippen molar-refractivity contribution >= 4 is 0 Å². The molecule has 14 heavy (non-hydrogen) atoms. The first-order valence-electron chi connectivity index (χ1n) is 5.88. The van der Waals surface area contributed by atoms with E-state index in [0.29, 0.717) is 16.7 Å². The summed E-state index contributed by atoms with van der Waals surface area (Å²) in [4.78, 5) is 0. The molecule has 0 aliphatic rings. The normalized spacial score (nSPS) is 16.1. The van der Waals surface area contributed by atoms with E-state index in [2.05, 4.69) is 55.4 Å². The first-order valence-corrected chi connectivity index (χ1v) is 5.88. The molecule has 0 saturated heterocycles. The molecule has 0 aliphatic carbocycles. The van der Waals surface area contributed by atoms with Crippen molar-refractivity contribution in [1.82, 2.24) is 0 Å². The Morgan fingerprint density at radius 3 is 1.64 bits per heavy atom. The van der Waals surface area contributed by atoms with Crippen molar-refractivity contribution in [2.24, 2.45) is 22.7 Å². The summed E-state index contributed by atoms with van der Waals surface area (Å²) in [5.41, 5.74) is 0.838. The van der Waals surface area contributed by atoms with E-state index in [0.717, 1.165) is 5.92 Å². The largest absolute Gasteiger partial charge is 0.0625 e. The highest BCUT2D eigenvalue weighted by Crippen LogP contribution is 2.37. The fraction of sp³-hybridized carbons (Fsp3) is 0.929. The molecule has 0 fully saturated rings. The summed E-state index contributed by atoms with van der Waals surface area (Å²) in [6.45, 7) is 20.4. The summed E-state index contributed by atoms with van der Waals surface area (Å²) in [5, 5.41) is 0. The molecule has 2 atom stereocenters. The van der Waals surface area contributed by atoms with Crippen LogP contribution in [-0.4, -0.2) is 0 Å². The first-order chi connectivity index (χ1) is 6.04. The predicted molar refractivity (Wildman–Crippen MR) is 66.2 cm³/mol. The molecule has 1 radical (unpaired) electrons. The van der Waals surface area contributed by atoms with Gasteiger partial charge in [0.25, 0.3) is 0 Å².